The molecule has 82 valence electrons. The molecule has 0 rings (SSSR count). The largest absolute Gasteiger partial charge is 0.468 e. The highest BCUT2D eigenvalue weighted by Gasteiger charge is 2.30. The highest BCUT2D eigenvalue weighted by molar-refractivity contribution is 6.19. The van der Waals surface area contributed by atoms with E-state index in [1.807, 2.05) is 0 Å². The predicted octanol–water partition coefficient (Wildman–Crippen LogP) is 0.883. The SMILES string of the molecule is COC(=O)CN(C)C(=O)C(C)(C)CCl. The van der Waals surface area contributed by atoms with Gasteiger partial charge < -0.3 is 9.64 Å². The summed E-state index contributed by atoms with van der Waals surface area (Å²) >= 11 is 5.64. The van der Waals surface area contributed by atoms with E-state index in [1.165, 1.54) is 12.0 Å². The molecule has 0 heterocycles. The fraction of sp³-hybridized carbons (Fsp3) is 0.778. The fourth-order valence-corrected chi connectivity index (χ4v) is 1.02. The molecule has 0 spiro atoms. The maximum Gasteiger partial charge on any atom is 0.325 e. The van der Waals surface area contributed by atoms with Gasteiger partial charge in [0.25, 0.3) is 0 Å². The molecule has 0 aromatic rings. The number of likely N-dealkylation sites (N-methyl/N-ethyl adjacent to an activating group) is 1. The third-order valence-corrected chi connectivity index (χ3v) is 2.52. The van der Waals surface area contributed by atoms with E-state index in [9.17, 15) is 9.59 Å². The Labute approximate surface area is 89.2 Å². The zero-order chi connectivity index (χ0) is 11.4. The Morgan fingerprint density at radius 2 is 1.93 bits per heavy atom. The van der Waals surface area contributed by atoms with E-state index in [-0.39, 0.29) is 18.3 Å². The number of methoxy groups -OCH3 is 1. The van der Waals surface area contributed by atoms with Crippen molar-refractivity contribution in [3.05, 3.63) is 0 Å². The highest BCUT2D eigenvalue weighted by Crippen LogP contribution is 2.19. The van der Waals surface area contributed by atoms with Gasteiger partial charge in [0.15, 0.2) is 0 Å². The van der Waals surface area contributed by atoms with Crippen LogP contribution < -0.4 is 0 Å². The molecule has 0 aliphatic carbocycles. The molecule has 0 saturated carbocycles. The summed E-state index contributed by atoms with van der Waals surface area (Å²) in [5, 5.41) is 0. The summed E-state index contributed by atoms with van der Waals surface area (Å²) in [6.45, 7) is 3.42. The number of esters is 1. The molecule has 5 heteroatoms. The maximum atomic E-state index is 11.7. The number of carbonyl (C=O) groups is 2. The van der Waals surface area contributed by atoms with Crippen LogP contribution in [0.3, 0.4) is 0 Å². The van der Waals surface area contributed by atoms with Crippen LogP contribution in [0.25, 0.3) is 0 Å². The molecule has 0 radical (unpaired) electrons. The lowest BCUT2D eigenvalue weighted by molar-refractivity contribution is -0.148. The van der Waals surface area contributed by atoms with Crippen molar-refractivity contribution in [3.8, 4) is 0 Å². The average molecular weight is 222 g/mol. The Hall–Kier alpha value is -0.770. The monoisotopic (exact) mass is 221 g/mol. The van der Waals surface area contributed by atoms with Gasteiger partial charge in [-0.2, -0.15) is 0 Å². The molecule has 0 bridgehead atoms. The Kier molecular flexibility index (Phi) is 4.91. The van der Waals surface area contributed by atoms with Crippen molar-refractivity contribution in [1.82, 2.24) is 4.90 Å². The van der Waals surface area contributed by atoms with Crippen LogP contribution in [0.5, 0.6) is 0 Å². The number of ether oxygens (including phenoxy) is 1. The topological polar surface area (TPSA) is 46.6 Å². The van der Waals surface area contributed by atoms with Crippen LogP contribution in [0.1, 0.15) is 13.8 Å². The second-order valence-corrected chi connectivity index (χ2v) is 4.02. The zero-order valence-electron chi connectivity index (χ0n) is 8.96. The fourth-order valence-electron chi connectivity index (χ4n) is 0.904. The molecular weight excluding hydrogens is 206 g/mol. The van der Waals surface area contributed by atoms with Gasteiger partial charge in [-0.1, -0.05) is 0 Å². The van der Waals surface area contributed by atoms with Crippen LogP contribution >= 0.6 is 11.6 Å². The molecular formula is C9H16ClNO3. The van der Waals surface area contributed by atoms with E-state index >= 15 is 0 Å². The lowest BCUT2D eigenvalue weighted by Gasteiger charge is -2.26. The molecule has 1 amide bonds. The number of halogens is 1. The first kappa shape index (κ1) is 13.2. The minimum Gasteiger partial charge on any atom is -0.468 e. The van der Waals surface area contributed by atoms with Crippen LogP contribution in [0, 0.1) is 5.41 Å². The van der Waals surface area contributed by atoms with E-state index in [0.717, 1.165) is 0 Å². The van der Waals surface area contributed by atoms with Crippen molar-refractivity contribution in [2.45, 2.75) is 13.8 Å². The maximum absolute atomic E-state index is 11.7. The molecule has 0 aromatic heterocycles. The van der Waals surface area contributed by atoms with E-state index < -0.39 is 11.4 Å². The van der Waals surface area contributed by atoms with Crippen molar-refractivity contribution in [2.75, 3.05) is 26.6 Å². The van der Waals surface area contributed by atoms with Crippen LogP contribution in [-0.2, 0) is 14.3 Å². The molecule has 0 saturated heterocycles. The normalized spacial score (nSPS) is 10.9. The van der Waals surface area contributed by atoms with Gasteiger partial charge in [0.05, 0.1) is 12.5 Å². The predicted molar refractivity (Wildman–Crippen MR) is 54.2 cm³/mol. The van der Waals surface area contributed by atoms with E-state index in [4.69, 9.17) is 11.6 Å². The first-order chi connectivity index (χ1) is 6.35. The van der Waals surface area contributed by atoms with Gasteiger partial charge in [-0.05, 0) is 13.8 Å². The summed E-state index contributed by atoms with van der Waals surface area (Å²) in [5.41, 5.74) is -0.648. The molecule has 0 atom stereocenters. The highest BCUT2D eigenvalue weighted by atomic mass is 35.5. The summed E-state index contributed by atoms with van der Waals surface area (Å²) in [4.78, 5) is 23.9. The third kappa shape index (κ3) is 3.54. The van der Waals surface area contributed by atoms with E-state index in [2.05, 4.69) is 4.74 Å². The van der Waals surface area contributed by atoms with Crippen molar-refractivity contribution in [3.63, 3.8) is 0 Å². The molecule has 0 N–H and O–H groups in total. The van der Waals surface area contributed by atoms with Gasteiger partial charge in [0.1, 0.15) is 6.54 Å². The Morgan fingerprint density at radius 3 is 2.29 bits per heavy atom. The standard InChI is InChI=1S/C9H16ClNO3/c1-9(2,6-10)8(13)11(3)5-7(12)14-4/h5-6H2,1-4H3. The minimum absolute atomic E-state index is 0.0460. The van der Waals surface area contributed by atoms with Crippen molar-refractivity contribution in [1.29, 1.82) is 0 Å². The second kappa shape index (κ2) is 5.20. The molecule has 4 nitrogen and oxygen atoms in total. The first-order valence-electron chi connectivity index (χ1n) is 4.23. The molecule has 0 aromatic carbocycles. The van der Waals surface area contributed by atoms with Gasteiger partial charge in [0, 0.05) is 12.9 Å². The van der Waals surface area contributed by atoms with E-state index in [1.54, 1.807) is 20.9 Å². The number of hydrogen-bond acceptors (Lipinski definition) is 3. The summed E-state index contributed by atoms with van der Waals surface area (Å²) in [7, 11) is 2.83. The Balaban J connectivity index is 4.33. The summed E-state index contributed by atoms with van der Waals surface area (Å²) in [5.74, 6) is -0.388. The minimum atomic E-state index is -0.648. The Morgan fingerprint density at radius 1 is 1.43 bits per heavy atom. The third-order valence-electron chi connectivity index (χ3n) is 1.85. The van der Waals surface area contributed by atoms with Crippen molar-refractivity contribution < 1.29 is 14.3 Å². The van der Waals surface area contributed by atoms with Gasteiger partial charge in [-0.15, -0.1) is 11.6 Å². The molecule has 0 fully saturated rings. The first-order valence-corrected chi connectivity index (χ1v) is 4.77. The molecule has 14 heavy (non-hydrogen) atoms. The van der Waals surface area contributed by atoms with Crippen LogP contribution in [0.15, 0.2) is 0 Å². The number of rotatable bonds is 4. The number of alkyl halides is 1. The van der Waals surface area contributed by atoms with Gasteiger partial charge in [0.2, 0.25) is 5.91 Å². The van der Waals surface area contributed by atoms with Gasteiger partial charge >= 0.3 is 5.97 Å². The number of carbonyl (C=O) groups excluding carboxylic acids is 2. The van der Waals surface area contributed by atoms with Gasteiger partial charge in [-0.25, -0.2) is 0 Å². The Bertz CT molecular complexity index is 228. The lowest BCUT2D eigenvalue weighted by atomic mass is 9.94. The van der Waals surface area contributed by atoms with E-state index in [0.29, 0.717) is 0 Å². The average Bonchev–Trinajstić information content (AvgIpc) is 2.16. The van der Waals surface area contributed by atoms with Crippen LogP contribution in [-0.4, -0.2) is 43.4 Å². The van der Waals surface area contributed by atoms with Crippen molar-refractivity contribution in [2.24, 2.45) is 5.41 Å². The quantitative estimate of drug-likeness (QED) is 0.523. The zero-order valence-corrected chi connectivity index (χ0v) is 9.72. The molecule has 0 unspecified atom stereocenters. The molecule has 0 aliphatic rings. The van der Waals surface area contributed by atoms with Crippen molar-refractivity contribution >= 4 is 23.5 Å². The lowest BCUT2D eigenvalue weighted by Crippen LogP contribution is -2.42. The smallest absolute Gasteiger partial charge is 0.325 e. The van der Waals surface area contributed by atoms with Crippen LogP contribution in [0.2, 0.25) is 0 Å². The summed E-state index contributed by atoms with van der Waals surface area (Å²) in [6, 6.07) is 0. The van der Waals surface area contributed by atoms with Crippen LogP contribution in [0.4, 0.5) is 0 Å². The molecule has 0 aliphatic heterocycles. The number of hydrogen-bond donors (Lipinski definition) is 0. The second-order valence-electron chi connectivity index (χ2n) is 3.75. The summed E-state index contributed by atoms with van der Waals surface area (Å²) in [6.07, 6.45) is 0. The number of amides is 1. The number of nitrogens with zero attached hydrogens (tertiary/aromatic N) is 1. The van der Waals surface area contributed by atoms with Gasteiger partial charge in [-0.3, -0.25) is 9.59 Å². The summed E-state index contributed by atoms with van der Waals surface area (Å²) < 4.78 is 4.45.